The number of benzene rings is 2. The Morgan fingerprint density at radius 1 is 0.960 bits per heavy atom. The summed E-state index contributed by atoms with van der Waals surface area (Å²) in [4.78, 5) is 2.42. The lowest BCUT2D eigenvalue weighted by Crippen LogP contribution is -2.35. The quantitative estimate of drug-likeness (QED) is 0.818. The van der Waals surface area contributed by atoms with Crippen LogP contribution >= 0.6 is 11.6 Å². The molecular weight excluding hydrogens is 360 g/mol. The second kappa shape index (κ2) is 7.74. The van der Waals surface area contributed by atoms with Crippen molar-refractivity contribution >= 4 is 21.6 Å². The molecular formula is C18H20ClN2O3S. The molecule has 3 rings (SSSR count). The number of hydrogen-bond acceptors (Lipinski definition) is 3. The minimum absolute atomic E-state index is 0.0394. The van der Waals surface area contributed by atoms with Crippen LogP contribution in [0.3, 0.4) is 0 Å². The van der Waals surface area contributed by atoms with Crippen LogP contribution in [0.1, 0.15) is 12.0 Å². The minimum atomic E-state index is -3.47. The zero-order chi connectivity index (χ0) is 17.9. The molecule has 0 N–H and O–H groups in total. The van der Waals surface area contributed by atoms with Gasteiger partial charge < -0.3 is 0 Å². The summed E-state index contributed by atoms with van der Waals surface area (Å²) < 4.78 is 27.0. The fraction of sp³-hybridized carbons (Fsp3) is 0.333. The Bertz CT molecular complexity index is 827. The molecule has 5 nitrogen and oxygen atoms in total. The molecule has 133 valence electrons. The highest BCUT2D eigenvalue weighted by atomic mass is 35.5. The maximum absolute atomic E-state index is 12.7. The Balaban J connectivity index is 1.69. The first-order valence-corrected chi connectivity index (χ1v) is 10.0. The fourth-order valence-corrected chi connectivity index (χ4v) is 4.69. The zero-order valence-electron chi connectivity index (χ0n) is 13.8. The third-order valence-electron chi connectivity index (χ3n) is 4.34. The van der Waals surface area contributed by atoms with Gasteiger partial charge in [0.15, 0.2) is 5.75 Å². The van der Waals surface area contributed by atoms with E-state index in [1.807, 2.05) is 0 Å². The Kier molecular flexibility index (Phi) is 5.64. The predicted molar refractivity (Wildman–Crippen MR) is 96.7 cm³/mol. The van der Waals surface area contributed by atoms with Crippen molar-refractivity contribution in [2.45, 2.75) is 17.9 Å². The molecule has 0 atom stereocenters. The highest BCUT2D eigenvalue weighted by Gasteiger charge is 2.26. The number of hydrogen-bond donors (Lipinski definition) is 0. The molecule has 1 radical (unpaired) electrons. The smallest absolute Gasteiger partial charge is 0.243 e. The van der Waals surface area contributed by atoms with Crippen molar-refractivity contribution in [2.24, 2.45) is 0 Å². The van der Waals surface area contributed by atoms with Crippen molar-refractivity contribution in [2.75, 3.05) is 26.2 Å². The Hall–Kier alpha value is -1.60. The molecule has 0 aromatic heterocycles. The molecule has 1 heterocycles. The van der Waals surface area contributed by atoms with Crippen LogP contribution in [0.15, 0.2) is 53.4 Å². The van der Waals surface area contributed by atoms with Crippen LogP contribution < -0.4 is 0 Å². The standard InChI is InChI=1S/C18H20ClN2O3S/c19-16-7-8-18(22)15(13-16)14-20-9-4-10-21(12-11-20)25(23,24)17-5-2-1-3-6-17/h1-3,5-8,13H,4,9-12,14H2. The summed E-state index contributed by atoms with van der Waals surface area (Å²) in [6.07, 6.45) is 0.723. The fourth-order valence-electron chi connectivity index (χ4n) is 3.00. The molecule has 0 saturated carbocycles. The molecule has 1 aliphatic heterocycles. The van der Waals surface area contributed by atoms with Gasteiger partial charge in [-0.05, 0) is 43.3 Å². The number of nitrogens with zero attached hydrogens (tertiary/aromatic N) is 2. The molecule has 0 aliphatic carbocycles. The van der Waals surface area contributed by atoms with Gasteiger partial charge in [-0.15, -0.1) is 0 Å². The van der Waals surface area contributed by atoms with Crippen molar-refractivity contribution in [3.8, 4) is 5.75 Å². The van der Waals surface area contributed by atoms with Crippen LogP contribution in [-0.4, -0.2) is 43.8 Å². The summed E-state index contributed by atoms with van der Waals surface area (Å²) in [5.41, 5.74) is 0.645. The largest absolute Gasteiger partial charge is 0.298 e. The highest BCUT2D eigenvalue weighted by Crippen LogP contribution is 2.24. The third kappa shape index (κ3) is 4.33. The zero-order valence-corrected chi connectivity index (χ0v) is 15.3. The molecule has 1 saturated heterocycles. The van der Waals surface area contributed by atoms with Crippen molar-refractivity contribution in [1.82, 2.24) is 9.21 Å². The molecule has 2 aromatic rings. The summed E-state index contributed by atoms with van der Waals surface area (Å²) in [6.45, 7) is 2.70. The number of rotatable bonds is 4. The van der Waals surface area contributed by atoms with E-state index in [0.717, 1.165) is 13.0 Å². The number of sulfonamides is 1. The average Bonchev–Trinajstić information content (AvgIpc) is 2.85. The van der Waals surface area contributed by atoms with Crippen molar-refractivity contribution in [3.63, 3.8) is 0 Å². The summed E-state index contributed by atoms with van der Waals surface area (Å²) in [6, 6.07) is 13.2. The van der Waals surface area contributed by atoms with Gasteiger partial charge in [0.2, 0.25) is 10.0 Å². The molecule has 0 bridgehead atoms. The number of halogens is 1. The van der Waals surface area contributed by atoms with Crippen molar-refractivity contribution in [1.29, 1.82) is 0 Å². The summed E-state index contributed by atoms with van der Waals surface area (Å²) in [5, 5.41) is 12.5. The van der Waals surface area contributed by atoms with Gasteiger partial charge in [0.25, 0.3) is 0 Å². The molecule has 2 aromatic carbocycles. The Morgan fingerprint density at radius 2 is 1.72 bits per heavy atom. The van der Waals surface area contributed by atoms with Gasteiger partial charge >= 0.3 is 0 Å². The first kappa shape index (κ1) is 18.2. The third-order valence-corrected chi connectivity index (χ3v) is 6.49. The molecule has 0 unspecified atom stereocenters. The van der Waals surface area contributed by atoms with Gasteiger partial charge in [0.1, 0.15) is 0 Å². The normalized spacial score (nSPS) is 17.3. The van der Waals surface area contributed by atoms with E-state index >= 15 is 0 Å². The lowest BCUT2D eigenvalue weighted by Gasteiger charge is -2.22. The maximum atomic E-state index is 12.7. The van der Waals surface area contributed by atoms with E-state index in [9.17, 15) is 13.5 Å². The lowest BCUT2D eigenvalue weighted by molar-refractivity contribution is 0.268. The van der Waals surface area contributed by atoms with E-state index < -0.39 is 10.0 Å². The Labute approximate surface area is 153 Å². The first-order chi connectivity index (χ1) is 12.0. The lowest BCUT2D eigenvalue weighted by atomic mass is 10.2. The molecule has 0 spiro atoms. The summed E-state index contributed by atoms with van der Waals surface area (Å²) in [7, 11) is -3.47. The van der Waals surface area contributed by atoms with E-state index in [2.05, 4.69) is 4.90 Å². The maximum Gasteiger partial charge on any atom is 0.243 e. The van der Waals surface area contributed by atoms with E-state index in [-0.39, 0.29) is 5.75 Å². The first-order valence-electron chi connectivity index (χ1n) is 8.20. The van der Waals surface area contributed by atoms with E-state index in [0.29, 0.717) is 41.7 Å². The van der Waals surface area contributed by atoms with Crippen molar-refractivity contribution < 1.29 is 13.5 Å². The molecule has 7 heteroatoms. The average molecular weight is 380 g/mol. The van der Waals surface area contributed by atoms with Crippen LogP contribution in [0.25, 0.3) is 0 Å². The minimum Gasteiger partial charge on any atom is -0.298 e. The SMILES string of the molecule is [O]c1ccc(Cl)cc1CN1CCCN(S(=O)(=O)c2ccccc2)CC1. The van der Waals surface area contributed by atoms with Crippen LogP contribution in [0.5, 0.6) is 5.75 Å². The van der Waals surface area contributed by atoms with Crippen LogP contribution in [0.2, 0.25) is 5.02 Å². The highest BCUT2D eigenvalue weighted by molar-refractivity contribution is 7.89. The predicted octanol–water partition coefficient (Wildman–Crippen LogP) is 3.38. The monoisotopic (exact) mass is 379 g/mol. The molecule has 1 aliphatic rings. The van der Waals surface area contributed by atoms with E-state index in [1.165, 1.54) is 10.4 Å². The van der Waals surface area contributed by atoms with Gasteiger partial charge in [-0.2, -0.15) is 4.31 Å². The second-order valence-corrected chi connectivity index (χ2v) is 8.47. The van der Waals surface area contributed by atoms with Crippen LogP contribution in [0.4, 0.5) is 0 Å². The summed E-state index contributed by atoms with van der Waals surface area (Å²) in [5.74, 6) is -0.0394. The van der Waals surface area contributed by atoms with Gasteiger partial charge in [-0.3, -0.25) is 10.0 Å². The van der Waals surface area contributed by atoms with Crippen LogP contribution in [-0.2, 0) is 21.7 Å². The van der Waals surface area contributed by atoms with Gasteiger partial charge in [-0.1, -0.05) is 29.8 Å². The Morgan fingerprint density at radius 3 is 2.48 bits per heavy atom. The second-order valence-electron chi connectivity index (χ2n) is 6.10. The topological polar surface area (TPSA) is 60.5 Å². The van der Waals surface area contributed by atoms with E-state index in [4.69, 9.17) is 11.6 Å². The molecule has 1 fully saturated rings. The van der Waals surface area contributed by atoms with Gasteiger partial charge in [0, 0.05) is 36.8 Å². The van der Waals surface area contributed by atoms with E-state index in [1.54, 1.807) is 42.5 Å². The van der Waals surface area contributed by atoms with Crippen LogP contribution in [0, 0.1) is 0 Å². The molecule has 0 amide bonds. The van der Waals surface area contributed by atoms with Gasteiger partial charge in [0.05, 0.1) is 4.90 Å². The summed E-state index contributed by atoms with van der Waals surface area (Å²) >= 11 is 5.97. The molecule has 25 heavy (non-hydrogen) atoms. The van der Waals surface area contributed by atoms with Crippen molar-refractivity contribution in [3.05, 3.63) is 59.1 Å². The van der Waals surface area contributed by atoms with Gasteiger partial charge in [-0.25, -0.2) is 8.42 Å².